The third-order valence-electron chi connectivity index (χ3n) is 3.92. The molecule has 0 N–H and O–H groups in total. The number of nitrogens with zero attached hydrogens (tertiary/aromatic N) is 1. The van der Waals surface area contributed by atoms with Crippen LogP contribution in [0.5, 0.6) is 11.5 Å². The SMILES string of the molecule is COc1ccc(CN2CCCCC2C(C)=O)cc1OC. The van der Waals surface area contributed by atoms with Crippen molar-refractivity contribution >= 4 is 5.78 Å². The first-order valence-electron chi connectivity index (χ1n) is 7.11. The number of benzene rings is 1. The van der Waals surface area contributed by atoms with Crippen molar-refractivity contribution in [3.8, 4) is 11.5 Å². The molecule has 4 heteroatoms. The quantitative estimate of drug-likeness (QED) is 0.829. The summed E-state index contributed by atoms with van der Waals surface area (Å²) in [5.41, 5.74) is 1.15. The molecule has 1 aliphatic heterocycles. The lowest BCUT2D eigenvalue weighted by Gasteiger charge is -2.34. The Kier molecular flexibility index (Phi) is 5.01. The molecule has 0 aliphatic carbocycles. The Bertz CT molecular complexity index is 473. The average Bonchev–Trinajstić information content (AvgIpc) is 2.47. The Balaban J connectivity index is 2.13. The Labute approximate surface area is 120 Å². The van der Waals surface area contributed by atoms with Crippen molar-refractivity contribution in [2.75, 3.05) is 20.8 Å². The lowest BCUT2D eigenvalue weighted by Crippen LogP contribution is -2.43. The van der Waals surface area contributed by atoms with Crippen molar-refractivity contribution in [2.45, 2.75) is 38.8 Å². The molecule has 0 spiro atoms. The largest absolute Gasteiger partial charge is 0.493 e. The molecule has 1 saturated heterocycles. The number of piperidine rings is 1. The van der Waals surface area contributed by atoms with E-state index in [4.69, 9.17) is 9.47 Å². The van der Waals surface area contributed by atoms with E-state index in [0.29, 0.717) is 0 Å². The zero-order chi connectivity index (χ0) is 14.5. The van der Waals surface area contributed by atoms with Crippen LogP contribution in [0.4, 0.5) is 0 Å². The van der Waals surface area contributed by atoms with E-state index in [1.165, 1.54) is 0 Å². The summed E-state index contributed by atoms with van der Waals surface area (Å²) in [6.07, 6.45) is 3.28. The molecule has 0 aromatic heterocycles. The summed E-state index contributed by atoms with van der Waals surface area (Å²) in [5.74, 6) is 1.74. The van der Waals surface area contributed by atoms with Crippen molar-refractivity contribution in [1.29, 1.82) is 0 Å². The normalized spacial score (nSPS) is 19.6. The minimum Gasteiger partial charge on any atom is -0.493 e. The maximum Gasteiger partial charge on any atom is 0.161 e. The minimum absolute atomic E-state index is 0.0665. The molecule has 20 heavy (non-hydrogen) atoms. The summed E-state index contributed by atoms with van der Waals surface area (Å²) < 4.78 is 10.6. The highest BCUT2D eigenvalue weighted by atomic mass is 16.5. The third kappa shape index (κ3) is 3.31. The number of Topliss-reactive ketones (excluding diaryl/α,β-unsaturated/α-hetero) is 1. The second kappa shape index (κ2) is 6.75. The van der Waals surface area contributed by atoms with Gasteiger partial charge in [-0.25, -0.2) is 0 Å². The van der Waals surface area contributed by atoms with Crippen LogP contribution in [-0.2, 0) is 11.3 Å². The molecule has 0 radical (unpaired) electrons. The van der Waals surface area contributed by atoms with Crippen LogP contribution in [0.1, 0.15) is 31.7 Å². The van der Waals surface area contributed by atoms with Gasteiger partial charge in [-0.1, -0.05) is 12.5 Å². The number of ether oxygens (including phenoxy) is 2. The van der Waals surface area contributed by atoms with Crippen LogP contribution >= 0.6 is 0 Å². The monoisotopic (exact) mass is 277 g/mol. The molecule has 1 heterocycles. The maximum atomic E-state index is 11.7. The first-order valence-corrected chi connectivity index (χ1v) is 7.11. The van der Waals surface area contributed by atoms with Crippen molar-refractivity contribution in [3.63, 3.8) is 0 Å². The van der Waals surface area contributed by atoms with Crippen LogP contribution in [0.15, 0.2) is 18.2 Å². The van der Waals surface area contributed by atoms with Gasteiger partial charge in [0.25, 0.3) is 0 Å². The van der Waals surface area contributed by atoms with E-state index in [0.717, 1.165) is 49.4 Å². The fourth-order valence-electron chi connectivity index (χ4n) is 2.85. The number of rotatable bonds is 5. The Hall–Kier alpha value is -1.55. The predicted octanol–water partition coefficient (Wildman–Crippen LogP) is 2.65. The molecule has 1 unspecified atom stereocenters. The van der Waals surface area contributed by atoms with Crippen LogP contribution in [0.2, 0.25) is 0 Å². The van der Waals surface area contributed by atoms with Crippen LogP contribution < -0.4 is 9.47 Å². The van der Waals surface area contributed by atoms with Gasteiger partial charge in [-0.2, -0.15) is 0 Å². The Morgan fingerprint density at radius 3 is 2.65 bits per heavy atom. The molecular formula is C16H23NO3. The van der Waals surface area contributed by atoms with Gasteiger partial charge >= 0.3 is 0 Å². The Morgan fingerprint density at radius 2 is 2.00 bits per heavy atom. The van der Waals surface area contributed by atoms with Gasteiger partial charge in [-0.3, -0.25) is 9.69 Å². The summed E-state index contributed by atoms with van der Waals surface area (Å²) in [4.78, 5) is 14.0. The minimum atomic E-state index is 0.0665. The highest BCUT2D eigenvalue weighted by molar-refractivity contribution is 5.81. The number of ketones is 1. The van der Waals surface area contributed by atoms with Crippen LogP contribution in [0.25, 0.3) is 0 Å². The second-order valence-electron chi connectivity index (χ2n) is 5.28. The molecule has 110 valence electrons. The molecule has 4 nitrogen and oxygen atoms in total. The van der Waals surface area contributed by atoms with E-state index < -0.39 is 0 Å². The summed E-state index contributed by atoms with van der Waals surface area (Å²) >= 11 is 0. The van der Waals surface area contributed by atoms with E-state index in [2.05, 4.69) is 4.90 Å². The van der Waals surface area contributed by atoms with Crippen molar-refractivity contribution in [3.05, 3.63) is 23.8 Å². The lowest BCUT2D eigenvalue weighted by molar-refractivity contribution is -0.123. The van der Waals surface area contributed by atoms with Crippen LogP contribution in [0.3, 0.4) is 0 Å². The van der Waals surface area contributed by atoms with Gasteiger partial charge < -0.3 is 9.47 Å². The number of carbonyl (C=O) groups is 1. The van der Waals surface area contributed by atoms with Gasteiger partial charge in [-0.15, -0.1) is 0 Å². The summed E-state index contributed by atoms with van der Waals surface area (Å²) in [5, 5.41) is 0. The fourth-order valence-corrected chi connectivity index (χ4v) is 2.85. The number of hydrogen-bond donors (Lipinski definition) is 0. The summed E-state index contributed by atoms with van der Waals surface area (Å²) in [6, 6.07) is 6.01. The molecule has 1 fully saturated rings. The van der Waals surface area contributed by atoms with Gasteiger partial charge in [0.2, 0.25) is 0 Å². The summed E-state index contributed by atoms with van der Waals surface area (Å²) in [7, 11) is 3.27. The van der Waals surface area contributed by atoms with Crippen LogP contribution in [-0.4, -0.2) is 37.5 Å². The van der Waals surface area contributed by atoms with Crippen molar-refractivity contribution in [1.82, 2.24) is 4.90 Å². The highest BCUT2D eigenvalue weighted by Gasteiger charge is 2.26. The standard InChI is InChI=1S/C16H23NO3/c1-12(18)14-6-4-5-9-17(14)11-13-7-8-15(19-2)16(10-13)20-3/h7-8,10,14H,4-6,9,11H2,1-3H3. The number of methoxy groups -OCH3 is 2. The Morgan fingerprint density at radius 1 is 1.25 bits per heavy atom. The van der Waals surface area contributed by atoms with E-state index >= 15 is 0 Å². The molecule has 1 aromatic rings. The average molecular weight is 277 g/mol. The summed E-state index contributed by atoms with van der Waals surface area (Å²) in [6.45, 7) is 3.46. The smallest absolute Gasteiger partial charge is 0.161 e. The van der Waals surface area contributed by atoms with E-state index in [-0.39, 0.29) is 11.8 Å². The van der Waals surface area contributed by atoms with Crippen molar-refractivity contribution in [2.24, 2.45) is 0 Å². The zero-order valence-corrected chi connectivity index (χ0v) is 12.5. The van der Waals surface area contributed by atoms with Crippen molar-refractivity contribution < 1.29 is 14.3 Å². The van der Waals surface area contributed by atoms with Gasteiger partial charge in [-0.05, 0) is 44.0 Å². The zero-order valence-electron chi connectivity index (χ0n) is 12.5. The third-order valence-corrected chi connectivity index (χ3v) is 3.92. The first-order chi connectivity index (χ1) is 9.65. The topological polar surface area (TPSA) is 38.8 Å². The fraction of sp³-hybridized carbons (Fsp3) is 0.562. The van der Waals surface area contributed by atoms with E-state index in [1.54, 1.807) is 21.1 Å². The van der Waals surface area contributed by atoms with Gasteiger partial charge in [0.15, 0.2) is 11.5 Å². The number of likely N-dealkylation sites (tertiary alicyclic amines) is 1. The van der Waals surface area contributed by atoms with Crippen LogP contribution in [0, 0.1) is 0 Å². The molecule has 0 amide bonds. The number of carbonyl (C=O) groups excluding carboxylic acids is 1. The maximum absolute atomic E-state index is 11.7. The molecule has 1 aromatic carbocycles. The molecule has 0 bridgehead atoms. The van der Waals surface area contributed by atoms with E-state index in [9.17, 15) is 4.79 Å². The number of hydrogen-bond acceptors (Lipinski definition) is 4. The van der Waals surface area contributed by atoms with Gasteiger partial charge in [0, 0.05) is 6.54 Å². The van der Waals surface area contributed by atoms with Gasteiger partial charge in [0.1, 0.15) is 5.78 Å². The highest BCUT2D eigenvalue weighted by Crippen LogP contribution is 2.29. The molecule has 2 rings (SSSR count). The van der Waals surface area contributed by atoms with E-state index in [1.807, 2.05) is 18.2 Å². The molecule has 0 saturated carbocycles. The molecular weight excluding hydrogens is 254 g/mol. The lowest BCUT2D eigenvalue weighted by atomic mass is 9.98. The predicted molar refractivity (Wildman–Crippen MR) is 78.3 cm³/mol. The molecule has 1 atom stereocenters. The van der Waals surface area contributed by atoms with Gasteiger partial charge in [0.05, 0.1) is 20.3 Å². The first kappa shape index (κ1) is 14.9. The molecule has 1 aliphatic rings. The second-order valence-corrected chi connectivity index (χ2v) is 5.28.